The second kappa shape index (κ2) is 3.37. The van der Waals surface area contributed by atoms with Crippen molar-refractivity contribution in [3.8, 4) is 0 Å². The van der Waals surface area contributed by atoms with Crippen LogP contribution in [-0.4, -0.2) is 12.5 Å². The second-order valence-corrected chi connectivity index (χ2v) is 4.66. The molecule has 1 saturated carbocycles. The van der Waals surface area contributed by atoms with Crippen molar-refractivity contribution in [2.75, 3.05) is 11.4 Å². The van der Waals surface area contributed by atoms with Gasteiger partial charge in [0.25, 0.3) is 0 Å². The first-order chi connectivity index (χ1) is 7.34. The zero-order chi connectivity index (χ0) is 10.3. The minimum atomic E-state index is 0.309. The highest BCUT2D eigenvalue weighted by Gasteiger charge is 2.39. The minimum absolute atomic E-state index is 0.309. The number of carbonyl (C=O) groups excluding carboxylic acids is 1. The van der Waals surface area contributed by atoms with Crippen LogP contribution < -0.4 is 4.90 Å². The van der Waals surface area contributed by atoms with Gasteiger partial charge < -0.3 is 4.90 Å². The maximum absolute atomic E-state index is 12.1. The van der Waals surface area contributed by atoms with Gasteiger partial charge in [-0.05, 0) is 37.3 Å². The fourth-order valence-corrected chi connectivity index (χ4v) is 2.87. The summed E-state index contributed by atoms with van der Waals surface area (Å²) in [4.78, 5) is 14.1. The van der Waals surface area contributed by atoms with Gasteiger partial charge >= 0.3 is 0 Å². The Morgan fingerprint density at radius 3 is 2.73 bits per heavy atom. The van der Waals surface area contributed by atoms with Gasteiger partial charge in [0.2, 0.25) is 5.91 Å². The molecular formula is C13H15NO. The molecule has 0 radical (unpaired) electrons. The summed E-state index contributed by atoms with van der Waals surface area (Å²) in [5.74, 6) is 1.40. The summed E-state index contributed by atoms with van der Waals surface area (Å²) in [6.45, 7) is 0.930. The van der Waals surface area contributed by atoms with Crippen LogP contribution in [0.1, 0.15) is 19.3 Å². The largest absolute Gasteiger partial charge is 0.312 e. The van der Waals surface area contributed by atoms with E-state index in [1.54, 1.807) is 0 Å². The van der Waals surface area contributed by atoms with Crippen molar-refractivity contribution in [3.05, 3.63) is 30.3 Å². The van der Waals surface area contributed by atoms with Gasteiger partial charge in [0.1, 0.15) is 0 Å². The van der Waals surface area contributed by atoms with Gasteiger partial charge in [-0.1, -0.05) is 18.2 Å². The second-order valence-electron chi connectivity index (χ2n) is 4.66. The van der Waals surface area contributed by atoms with Crippen molar-refractivity contribution in [3.63, 3.8) is 0 Å². The lowest BCUT2D eigenvalue weighted by Gasteiger charge is -2.31. The molecule has 2 unspecified atom stereocenters. The molecule has 0 aromatic heterocycles. The van der Waals surface area contributed by atoms with Gasteiger partial charge in [0, 0.05) is 18.2 Å². The van der Waals surface area contributed by atoms with Crippen molar-refractivity contribution in [2.45, 2.75) is 19.3 Å². The number of benzene rings is 1. The van der Waals surface area contributed by atoms with Gasteiger partial charge in [-0.15, -0.1) is 0 Å². The summed E-state index contributed by atoms with van der Waals surface area (Å²) in [5, 5.41) is 0. The normalized spacial score (nSPS) is 29.6. The Kier molecular flexibility index (Phi) is 2.01. The number of rotatable bonds is 1. The Hall–Kier alpha value is -1.31. The van der Waals surface area contributed by atoms with E-state index in [9.17, 15) is 4.79 Å². The number of anilines is 1. The molecule has 1 aromatic carbocycles. The molecule has 1 aliphatic carbocycles. The van der Waals surface area contributed by atoms with E-state index in [1.165, 1.54) is 6.42 Å². The Balaban J connectivity index is 1.91. The highest BCUT2D eigenvalue weighted by atomic mass is 16.2. The fraction of sp³-hybridized carbons (Fsp3) is 0.462. The van der Waals surface area contributed by atoms with Crippen molar-refractivity contribution >= 4 is 11.6 Å². The summed E-state index contributed by atoms with van der Waals surface area (Å²) >= 11 is 0. The molecule has 1 aromatic rings. The highest BCUT2D eigenvalue weighted by Crippen LogP contribution is 2.38. The van der Waals surface area contributed by atoms with E-state index in [4.69, 9.17) is 0 Å². The molecule has 2 heteroatoms. The van der Waals surface area contributed by atoms with Gasteiger partial charge in [-0.25, -0.2) is 0 Å². The van der Waals surface area contributed by atoms with E-state index in [-0.39, 0.29) is 0 Å². The van der Waals surface area contributed by atoms with E-state index in [0.29, 0.717) is 11.8 Å². The molecular weight excluding hydrogens is 186 g/mol. The standard InChI is InChI=1S/C13H15NO/c15-13-11-7-6-10(8-11)9-14(13)12-4-2-1-3-5-12/h1-5,10-11H,6-9H2. The average molecular weight is 201 g/mol. The van der Waals surface area contributed by atoms with E-state index in [1.807, 2.05) is 35.2 Å². The van der Waals surface area contributed by atoms with E-state index in [2.05, 4.69) is 0 Å². The molecule has 3 rings (SSSR count). The van der Waals surface area contributed by atoms with Crippen molar-refractivity contribution in [1.29, 1.82) is 0 Å². The Morgan fingerprint density at radius 1 is 1.13 bits per heavy atom. The van der Waals surface area contributed by atoms with Crippen molar-refractivity contribution < 1.29 is 4.79 Å². The smallest absolute Gasteiger partial charge is 0.230 e. The van der Waals surface area contributed by atoms with Crippen LogP contribution >= 0.6 is 0 Å². The van der Waals surface area contributed by atoms with Gasteiger partial charge in [-0.2, -0.15) is 0 Å². The molecule has 2 fully saturated rings. The molecule has 78 valence electrons. The summed E-state index contributed by atoms with van der Waals surface area (Å²) in [5.41, 5.74) is 1.07. The lowest BCUT2D eigenvalue weighted by Crippen LogP contribution is -2.41. The molecule has 2 nitrogen and oxygen atoms in total. The molecule has 2 bridgehead atoms. The molecule has 2 atom stereocenters. The number of para-hydroxylation sites is 1. The van der Waals surface area contributed by atoms with Crippen LogP contribution in [0.3, 0.4) is 0 Å². The van der Waals surface area contributed by atoms with Crippen molar-refractivity contribution in [2.24, 2.45) is 11.8 Å². The molecule has 1 heterocycles. The fourth-order valence-electron chi connectivity index (χ4n) is 2.87. The van der Waals surface area contributed by atoms with Crippen LogP contribution in [-0.2, 0) is 4.79 Å². The topological polar surface area (TPSA) is 20.3 Å². The van der Waals surface area contributed by atoms with E-state index in [0.717, 1.165) is 31.0 Å². The summed E-state index contributed by atoms with van der Waals surface area (Å²) in [6.07, 6.45) is 3.47. The number of amides is 1. The molecule has 2 aliphatic rings. The predicted octanol–water partition coefficient (Wildman–Crippen LogP) is 2.45. The zero-order valence-corrected chi connectivity index (χ0v) is 8.73. The van der Waals surface area contributed by atoms with Gasteiger partial charge in [-0.3, -0.25) is 4.79 Å². The van der Waals surface area contributed by atoms with Crippen LogP contribution in [0.2, 0.25) is 0 Å². The SMILES string of the molecule is O=C1C2CCC(C2)CN1c1ccccc1. The predicted molar refractivity (Wildman–Crippen MR) is 59.6 cm³/mol. The number of nitrogens with zero attached hydrogens (tertiary/aromatic N) is 1. The van der Waals surface area contributed by atoms with Crippen LogP contribution in [0.5, 0.6) is 0 Å². The first kappa shape index (κ1) is 8.96. The first-order valence-corrected chi connectivity index (χ1v) is 5.71. The number of hydrogen-bond acceptors (Lipinski definition) is 1. The molecule has 1 saturated heterocycles. The van der Waals surface area contributed by atoms with Crippen LogP contribution in [0.25, 0.3) is 0 Å². The molecule has 0 N–H and O–H groups in total. The average Bonchev–Trinajstić information content (AvgIpc) is 2.69. The summed E-state index contributed by atoms with van der Waals surface area (Å²) in [7, 11) is 0. The summed E-state index contributed by atoms with van der Waals surface area (Å²) in [6, 6.07) is 10.1. The number of piperidine rings is 1. The van der Waals surface area contributed by atoms with Crippen molar-refractivity contribution in [1.82, 2.24) is 0 Å². The van der Waals surface area contributed by atoms with Crippen LogP contribution in [0.4, 0.5) is 5.69 Å². The summed E-state index contributed by atoms with van der Waals surface area (Å²) < 4.78 is 0. The van der Waals surface area contributed by atoms with Gasteiger partial charge in [0.15, 0.2) is 0 Å². The maximum Gasteiger partial charge on any atom is 0.230 e. The number of hydrogen-bond donors (Lipinski definition) is 0. The molecule has 15 heavy (non-hydrogen) atoms. The zero-order valence-electron chi connectivity index (χ0n) is 8.73. The number of carbonyl (C=O) groups is 1. The Bertz CT molecular complexity index is 373. The van der Waals surface area contributed by atoms with Gasteiger partial charge in [0.05, 0.1) is 0 Å². The molecule has 0 spiro atoms. The maximum atomic E-state index is 12.1. The lowest BCUT2D eigenvalue weighted by molar-refractivity contribution is -0.123. The molecule has 1 amide bonds. The third-order valence-corrected chi connectivity index (χ3v) is 3.67. The number of fused-ring (bicyclic) bond motifs is 2. The lowest BCUT2D eigenvalue weighted by atomic mass is 9.97. The first-order valence-electron chi connectivity index (χ1n) is 5.71. The van der Waals surface area contributed by atoms with E-state index < -0.39 is 0 Å². The monoisotopic (exact) mass is 201 g/mol. The minimum Gasteiger partial charge on any atom is -0.312 e. The quantitative estimate of drug-likeness (QED) is 0.683. The molecule has 1 aliphatic heterocycles. The van der Waals surface area contributed by atoms with E-state index >= 15 is 0 Å². The highest BCUT2D eigenvalue weighted by molar-refractivity contribution is 5.96. The third-order valence-electron chi connectivity index (χ3n) is 3.67. The Morgan fingerprint density at radius 2 is 1.93 bits per heavy atom. The Labute approximate surface area is 89.9 Å². The van der Waals surface area contributed by atoms with Crippen LogP contribution in [0, 0.1) is 11.8 Å². The van der Waals surface area contributed by atoms with Crippen LogP contribution in [0.15, 0.2) is 30.3 Å². The third kappa shape index (κ3) is 1.44.